The Bertz CT molecular complexity index is 781. The summed E-state index contributed by atoms with van der Waals surface area (Å²) in [4.78, 5) is 0. The molecule has 2 fully saturated rings. The lowest BCUT2D eigenvalue weighted by Crippen LogP contribution is -2.10. The van der Waals surface area contributed by atoms with E-state index in [1.807, 2.05) is 24.3 Å². The van der Waals surface area contributed by atoms with Crippen LogP contribution in [0.15, 0.2) is 24.3 Å². The predicted octanol–water partition coefficient (Wildman–Crippen LogP) is 0.802. The fourth-order valence-corrected chi connectivity index (χ4v) is 3.61. The Morgan fingerprint density at radius 2 is 0.968 bits per heavy atom. The van der Waals surface area contributed by atoms with Gasteiger partial charge in [-0.2, -0.15) is 0 Å². The van der Waals surface area contributed by atoms with E-state index >= 15 is 0 Å². The van der Waals surface area contributed by atoms with Crippen LogP contribution in [0.2, 0.25) is 0 Å². The number of ether oxygens (including phenoxy) is 4. The Balaban J connectivity index is 1.58. The van der Waals surface area contributed by atoms with Crippen molar-refractivity contribution >= 4 is 0 Å². The maximum atomic E-state index is 9.83. The fourth-order valence-electron chi connectivity index (χ4n) is 3.61. The van der Waals surface area contributed by atoms with Crippen molar-refractivity contribution in [1.82, 2.24) is 0 Å². The molecule has 8 heteroatoms. The van der Waals surface area contributed by atoms with E-state index in [1.54, 1.807) is 0 Å². The van der Waals surface area contributed by atoms with Crippen LogP contribution >= 0.6 is 0 Å². The van der Waals surface area contributed by atoms with Crippen molar-refractivity contribution in [2.75, 3.05) is 26.4 Å². The molecule has 0 aliphatic carbocycles. The first-order valence-corrected chi connectivity index (χ1v) is 10.4. The monoisotopic (exact) mass is 432 g/mol. The lowest BCUT2D eigenvalue weighted by molar-refractivity contribution is 0.230. The molecule has 2 aromatic carbocycles. The van der Waals surface area contributed by atoms with Crippen LogP contribution in [0.4, 0.5) is 0 Å². The number of hydrogen-bond donors (Lipinski definition) is 4. The van der Waals surface area contributed by atoms with Crippen LogP contribution in [0.5, 0.6) is 11.5 Å². The van der Waals surface area contributed by atoms with Gasteiger partial charge in [-0.1, -0.05) is 0 Å². The van der Waals surface area contributed by atoms with Crippen LogP contribution in [-0.2, 0) is 42.3 Å². The highest BCUT2D eigenvalue weighted by Gasteiger charge is 2.25. The van der Waals surface area contributed by atoms with Gasteiger partial charge in [-0.05, 0) is 41.8 Å². The van der Waals surface area contributed by atoms with Crippen molar-refractivity contribution in [3.63, 3.8) is 0 Å². The number of epoxide rings is 2. The highest BCUT2D eigenvalue weighted by atomic mass is 16.6. The second-order valence-electron chi connectivity index (χ2n) is 7.83. The molecule has 168 valence electrons. The van der Waals surface area contributed by atoms with Gasteiger partial charge in [0, 0.05) is 22.3 Å². The Kier molecular flexibility index (Phi) is 7.06. The maximum absolute atomic E-state index is 9.83. The summed E-state index contributed by atoms with van der Waals surface area (Å²) in [6.45, 7) is 1.20. The van der Waals surface area contributed by atoms with Crippen LogP contribution in [0.25, 0.3) is 0 Å². The minimum absolute atomic E-state index is 0.0683. The molecular formula is C23H28O8. The molecule has 2 aromatic rings. The fraction of sp³-hybridized carbons (Fsp3) is 0.478. The van der Waals surface area contributed by atoms with Crippen LogP contribution in [0.3, 0.4) is 0 Å². The standard InChI is InChI=1S/C23H28O8/c24-6-16-2-14(3-17(7-25)22(16)30-12-20-10-28-20)1-15-4-18(8-26)23(19(5-15)9-27)31-13-21-11-29-21/h2-5,20-21,24-27H,1,6-13H2. The van der Waals surface area contributed by atoms with Gasteiger partial charge in [0.15, 0.2) is 0 Å². The molecule has 0 amide bonds. The highest BCUT2D eigenvalue weighted by Crippen LogP contribution is 2.31. The average Bonchev–Trinajstić information content (AvgIpc) is 3.71. The summed E-state index contributed by atoms with van der Waals surface area (Å²) in [7, 11) is 0. The highest BCUT2D eigenvalue weighted by molar-refractivity contribution is 5.48. The molecule has 0 radical (unpaired) electrons. The molecule has 8 nitrogen and oxygen atoms in total. The van der Waals surface area contributed by atoms with Gasteiger partial charge in [0.25, 0.3) is 0 Å². The van der Waals surface area contributed by atoms with Crippen molar-refractivity contribution < 1.29 is 39.4 Å². The third kappa shape index (κ3) is 5.54. The molecule has 31 heavy (non-hydrogen) atoms. The lowest BCUT2D eigenvalue weighted by atomic mass is 9.96. The zero-order chi connectivity index (χ0) is 21.8. The maximum Gasteiger partial charge on any atom is 0.130 e. The third-order valence-electron chi connectivity index (χ3n) is 5.33. The molecular weight excluding hydrogens is 404 g/mol. The summed E-state index contributed by atoms with van der Waals surface area (Å²) in [5.41, 5.74) is 4.12. The molecule has 2 unspecified atom stereocenters. The lowest BCUT2D eigenvalue weighted by Gasteiger charge is -2.18. The van der Waals surface area contributed by atoms with E-state index in [-0.39, 0.29) is 38.6 Å². The molecule has 0 saturated carbocycles. The Morgan fingerprint density at radius 3 is 1.23 bits per heavy atom. The number of hydrogen-bond acceptors (Lipinski definition) is 8. The quantitative estimate of drug-likeness (QED) is 0.363. The molecule has 2 atom stereocenters. The first-order valence-electron chi connectivity index (χ1n) is 10.4. The summed E-state index contributed by atoms with van der Waals surface area (Å²) in [6.07, 6.45) is 0.621. The SMILES string of the molecule is OCc1cc(Cc2cc(CO)c(OCC3CO3)c(CO)c2)cc(CO)c1OCC1CO1. The van der Waals surface area contributed by atoms with Crippen LogP contribution < -0.4 is 9.47 Å². The molecule has 2 heterocycles. The summed E-state index contributed by atoms with van der Waals surface area (Å²) in [5.74, 6) is 0.977. The normalized spacial score (nSPS) is 19.4. The minimum Gasteiger partial charge on any atom is -0.490 e. The number of aliphatic hydroxyl groups excluding tert-OH is 4. The van der Waals surface area contributed by atoms with E-state index in [2.05, 4.69) is 0 Å². The van der Waals surface area contributed by atoms with Crippen LogP contribution in [0, 0.1) is 0 Å². The Hall–Kier alpha value is -2.20. The first-order chi connectivity index (χ1) is 15.1. The molecule has 4 rings (SSSR count). The van der Waals surface area contributed by atoms with Crippen molar-refractivity contribution in [1.29, 1.82) is 0 Å². The van der Waals surface area contributed by atoms with Gasteiger partial charge in [0.2, 0.25) is 0 Å². The third-order valence-corrected chi connectivity index (χ3v) is 5.33. The molecule has 4 N–H and O–H groups in total. The number of aliphatic hydroxyl groups is 4. The molecule has 2 aliphatic rings. The zero-order valence-corrected chi connectivity index (χ0v) is 17.2. The van der Waals surface area contributed by atoms with Gasteiger partial charge >= 0.3 is 0 Å². The van der Waals surface area contributed by atoms with Crippen molar-refractivity contribution in [2.45, 2.75) is 45.1 Å². The van der Waals surface area contributed by atoms with Crippen molar-refractivity contribution in [3.8, 4) is 11.5 Å². The van der Waals surface area contributed by atoms with Gasteiger partial charge in [0.1, 0.15) is 36.9 Å². The van der Waals surface area contributed by atoms with Gasteiger partial charge in [-0.15, -0.1) is 0 Å². The van der Waals surface area contributed by atoms with E-state index in [0.717, 1.165) is 11.1 Å². The summed E-state index contributed by atoms with van der Waals surface area (Å²) in [6, 6.07) is 7.37. The van der Waals surface area contributed by atoms with Crippen LogP contribution in [0.1, 0.15) is 33.4 Å². The van der Waals surface area contributed by atoms with E-state index in [1.165, 1.54) is 0 Å². The van der Waals surface area contributed by atoms with E-state index in [9.17, 15) is 20.4 Å². The second kappa shape index (κ2) is 9.95. The molecule has 0 bridgehead atoms. The number of rotatable bonds is 12. The van der Waals surface area contributed by atoms with E-state index in [4.69, 9.17) is 18.9 Å². The van der Waals surface area contributed by atoms with Gasteiger partial charge in [0.05, 0.1) is 39.6 Å². The zero-order valence-electron chi connectivity index (χ0n) is 17.2. The molecule has 0 aromatic heterocycles. The first kappa shape index (κ1) is 22.0. The molecule has 2 saturated heterocycles. The average molecular weight is 432 g/mol. The minimum atomic E-state index is -0.221. The topological polar surface area (TPSA) is 124 Å². The Labute approximate surface area is 180 Å². The van der Waals surface area contributed by atoms with Gasteiger partial charge < -0.3 is 39.4 Å². The van der Waals surface area contributed by atoms with Crippen LogP contribution in [-0.4, -0.2) is 59.1 Å². The van der Waals surface area contributed by atoms with Gasteiger partial charge in [-0.25, -0.2) is 0 Å². The Morgan fingerprint density at radius 1 is 0.645 bits per heavy atom. The molecule has 2 aliphatic heterocycles. The van der Waals surface area contributed by atoms with E-state index in [0.29, 0.717) is 66.6 Å². The van der Waals surface area contributed by atoms with E-state index < -0.39 is 0 Å². The second-order valence-corrected chi connectivity index (χ2v) is 7.83. The van der Waals surface area contributed by atoms with Crippen molar-refractivity contribution in [3.05, 3.63) is 57.6 Å². The smallest absolute Gasteiger partial charge is 0.130 e. The summed E-state index contributed by atoms with van der Waals surface area (Å²) < 4.78 is 21.9. The summed E-state index contributed by atoms with van der Waals surface area (Å²) >= 11 is 0. The molecule has 0 spiro atoms. The van der Waals surface area contributed by atoms with Crippen molar-refractivity contribution in [2.24, 2.45) is 0 Å². The largest absolute Gasteiger partial charge is 0.490 e. The predicted molar refractivity (Wildman–Crippen MR) is 110 cm³/mol. The van der Waals surface area contributed by atoms with Gasteiger partial charge in [-0.3, -0.25) is 0 Å². The summed E-state index contributed by atoms with van der Waals surface area (Å²) in [5, 5.41) is 39.3. The number of benzene rings is 2.